The maximum Gasteiger partial charge on any atom is 0.0185 e. The van der Waals surface area contributed by atoms with Gasteiger partial charge in [0.1, 0.15) is 0 Å². The van der Waals surface area contributed by atoms with E-state index in [9.17, 15) is 0 Å². The predicted octanol–water partition coefficient (Wildman–Crippen LogP) is 3.18. The van der Waals surface area contributed by atoms with Gasteiger partial charge in [-0.15, -0.1) is 0 Å². The summed E-state index contributed by atoms with van der Waals surface area (Å²) in [5.74, 6) is 2.11. The minimum absolute atomic E-state index is 0.253. The molecule has 1 aromatic carbocycles. The zero-order valence-corrected chi connectivity index (χ0v) is 10.7. The Bertz CT molecular complexity index is 284. The smallest absolute Gasteiger partial charge is 0.0185 e. The van der Waals surface area contributed by atoms with Crippen LogP contribution < -0.4 is 5.73 Å². The number of benzene rings is 1. The average molecular weight is 223 g/mol. The van der Waals surface area contributed by atoms with Crippen LogP contribution in [0.2, 0.25) is 0 Å². The summed E-state index contributed by atoms with van der Waals surface area (Å²) in [6.07, 6.45) is 0. The molecule has 0 saturated carbocycles. The molecule has 2 N–H and O–H groups in total. The third-order valence-corrected chi connectivity index (χ3v) is 3.41. The Morgan fingerprint density at radius 3 is 2.20 bits per heavy atom. The molecule has 0 saturated heterocycles. The van der Waals surface area contributed by atoms with E-state index in [1.54, 1.807) is 0 Å². The first kappa shape index (κ1) is 12.6. The van der Waals surface area contributed by atoms with Crippen molar-refractivity contribution in [2.75, 3.05) is 12.3 Å². The molecule has 0 aromatic heterocycles. The van der Waals surface area contributed by atoms with Gasteiger partial charge in [-0.25, -0.2) is 0 Å². The molecular formula is C13H21NS. The standard InChI is InChI=1S/C13H21NS/c1-13(2,3)12-6-4-11(5-7-12)10-15-9-8-14/h4-7H,8-10,14H2,1-3H3. The zero-order valence-electron chi connectivity index (χ0n) is 9.92. The minimum atomic E-state index is 0.253. The molecule has 0 unspecified atom stereocenters. The first-order valence-electron chi connectivity index (χ1n) is 5.41. The molecule has 0 aliphatic heterocycles. The third-order valence-electron chi connectivity index (χ3n) is 2.35. The molecule has 0 fully saturated rings. The van der Waals surface area contributed by atoms with Crippen molar-refractivity contribution in [2.24, 2.45) is 5.73 Å². The van der Waals surface area contributed by atoms with Gasteiger partial charge in [-0.2, -0.15) is 11.8 Å². The van der Waals surface area contributed by atoms with Gasteiger partial charge in [-0.3, -0.25) is 0 Å². The Kier molecular flexibility index (Phi) is 4.68. The highest BCUT2D eigenvalue weighted by atomic mass is 32.2. The van der Waals surface area contributed by atoms with Crippen molar-refractivity contribution in [3.05, 3.63) is 35.4 Å². The number of thioether (sulfide) groups is 1. The fourth-order valence-electron chi connectivity index (χ4n) is 1.37. The van der Waals surface area contributed by atoms with Gasteiger partial charge in [0.05, 0.1) is 0 Å². The molecule has 1 nitrogen and oxygen atoms in total. The molecule has 0 bridgehead atoms. The molecule has 0 atom stereocenters. The van der Waals surface area contributed by atoms with Gasteiger partial charge in [-0.05, 0) is 16.5 Å². The topological polar surface area (TPSA) is 26.0 Å². The lowest BCUT2D eigenvalue weighted by Gasteiger charge is -2.19. The quantitative estimate of drug-likeness (QED) is 0.793. The highest BCUT2D eigenvalue weighted by Crippen LogP contribution is 2.23. The molecule has 1 aromatic rings. The summed E-state index contributed by atoms with van der Waals surface area (Å²) >= 11 is 1.89. The molecule has 0 spiro atoms. The Morgan fingerprint density at radius 2 is 1.73 bits per heavy atom. The highest BCUT2D eigenvalue weighted by Gasteiger charge is 2.12. The summed E-state index contributed by atoms with van der Waals surface area (Å²) in [4.78, 5) is 0. The molecule has 0 amide bonds. The van der Waals surface area contributed by atoms with Crippen molar-refractivity contribution < 1.29 is 0 Å². The molecule has 1 rings (SSSR count). The van der Waals surface area contributed by atoms with Crippen molar-refractivity contribution in [2.45, 2.75) is 31.9 Å². The lowest BCUT2D eigenvalue weighted by atomic mass is 9.87. The summed E-state index contributed by atoms with van der Waals surface area (Å²) in [5.41, 5.74) is 8.49. The molecule has 15 heavy (non-hydrogen) atoms. The normalized spacial score (nSPS) is 11.7. The van der Waals surface area contributed by atoms with Crippen LogP contribution in [0.15, 0.2) is 24.3 Å². The van der Waals surface area contributed by atoms with Crippen LogP contribution >= 0.6 is 11.8 Å². The number of rotatable bonds is 4. The molecule has 2 heteroatoms. The molecule has 0 radical (unpaired) electrons. The predicted molar refractivity (Wildman–Crippen MR) is 70.4 cm³/mol. The fraction of sp³-hybridized carbons (Fsp3) is 0.538. The van der Waals surface area contributed by atoms with E-state index in [1.807, 2.05) is 11.8 Å². The summed E-state index contributed by atoms with van der Waals surface area (Å²) in [7, 11) is 0. The first-order valence-corrected chi connectivity index (χ1v) is 6.57. The second-order valence-electron chi connectivity index (χ2n) is 4.79. The minimum Gasteiger partial charge on any atom is -0.330 e. The van der Waals surface area contributed by atoms with E-state index < -0.39 is 0 Å². The Hall–Kier alpha value is -0.470. The second-order valence-corrected chi connectivity index (χ2v) is 5.89. The summed E-state index contributed by atoms with van der Waals surface area (Å²) < 4.78 is 0. The number of nitrogens with two attached hydrogens (primary N) is 1. The van der Waals surface area contributed by atoms with Gasteiger partial charge in [0, 0.05) is 18.1 Å². The SMILES string of the molecule is CC(C)(C)c1ccc(CSCCN)cc1. The van der Waals surface area contributed by atoms with Crippen LogP contribution in [0.4, 0.5) is 0 Å². The monoisotopic (exact) mass is 223 g/mol. The van der Waals surface area contributed by atoms with Gasteiger partial charge in [0.25, 0.3) is 0 Å². The van der Waals surface area contributed by atoms with E-state index in [0.29, 0.717) is 0 Å². The van der Waals surface area contributed by atoms with Gasteiger partial charge >= 0.3 is 0 Å². The number of hydrogen-bond acceptors (Lipinski definition) is 2. The van der Waals surface area contributed by atoms with E-state index >= 15 is 0 Å². The van der Waals surface area contributed by atoms with Crippen LogP contribution in [0.5, 0.6) is 0 Å². The Balaban J connectivity index is 2.57. The molecular weight excluding hydrogens is 202 g/mol. The largest absolute Gasteiger partial charge is 0.330 e. The fourth-order valence-corrected chi connectivity index (χ4v) is 2.11. The van der Waals surface area contributed by atoms with Gasteiger partial charge < -0.3 is 5.73 Å². The van der Waals surface area contributed by atoms with Crippen LogP contribution in [0.25, 0.3) is 0 Å². The Morgan fingerprint density at radius 1 is 1.13 bits per heavy atom. The van der Waals surface area contributed by atoms with Gasteiger partial charge in [-0.1, -0.05) is 45.0 Å². The van der Waals surface area contributed by atoms with Crippen molar-refractivity contribution >= 4 is 11.8 Å². The van der Waals surface area contributed by atoms with Crippen LogP contribution in [0.3, 0.4) is 0 Å². The highest BCUT2D eigenvalue weighted by molar-refractivity contribution is 7.98. The third kappa shape index (κ3) is 4.27. The zero-order chi connectivity index (χ0) is 11.3. The van der Waals surface area contributed by atoms with Crippen molar-refractivity contribution in [1.29, 1.82) is 0 Å². The van der Waals surface area contributed by atoms with Crippen molar-refractivity contribution in [1.82, 2.24) is 0 Å². The van der Waals surface area contributed by atoms with Crippen molar-refractivity contribution in [3.8, 4) is 0 Å². The van der Waals surface area contributed by atoms with E-state index in [2.05, 4.69) is 45.0 Å². The number of hydrogen-bond donors (Lipinski definition) is 1. The Labute approximate surface area is 97.4 Å². The summed E-state index contributed by atoms with van der Waals surface area (Å²) in [6.45, 7) is 7.49. The van der Waals surface area contributed by atoms with Crippen LogP contribution in [0.1, 0.15) is 31.9 Å². The maximum absolute atomic E-state index is 5.45. The lowest BCUT2D eigenvalue weighted by Crippen LogP contribution is -2.10. The van der Waals surface area contributed by atoms with E-state index in [-0.39, 0.29) is 5.41 Å². The van der Waals surface area contributed by atoms with Crippen LogP contribution in [-0.2, 0) is 11.2 Å². The first-order chi connectivity index (χ1) is 7.04. The van der Waals surface area contributed by atoms with E-state index in [4.69, 9.17) is 5.73 Å². The summed E-state index contributed by atoms with van der Waals surface area (Å²) in [5, 5.41) is 0. The maximum atomic E-state index is 5.45. The van der Waals surface area contributed by atoms with Crippen LogP contribution in [-0.4, -0.2) is 12.3 Å². The summed E-state index contributed by atoms with van der Waals surface area (Å²) in [6, 6.07) is 8.92. The lowest BCUT2D eigenvalue weighted by molar-refractivity contribution is 0.590. The molecule has 0 heterocycles. The second kappa shape index (κ2) is 5.57. The van der Waals surface area contributed by atoms with Crippen LogP contribution in [0, 0.1) is 0 Å². The molecule has 0 aliphatic rings. The van der Waals surface area contributed by atoms with Gasteiger partial charge in [0.15, 0.2) is 0 Å². The molecule has 0 aliphatic carbocycles. The van der Waals surface area contributed by atoms with Crippen molar-refractivity contribution in [3.63, 3.8) is 0 Å². The molecule has 84 valence electrons. The average Bonchev–Trinajstić information content (AvgIpc) is 2.18. The van der Waals surface area contributed by atoms with Gasteiger partial charge in [0.2, 0.25) is 0 Å². The van der Waals surface area contributed by atoms with E-state index in [0.717, 1.165) is 18.1 Å². The van der Waals surface area contributed by atoms with E-state index in [1.165, 1.54) is 11.1 Å².